The van der Waals surface area contributed by atoms with Gasteiger partial charge in [-0.1, -0.05) is 18.2 Å². The molecule has 3 aromatic rings. The Morgan fingerprint density at radius 1 is 1.11 bits per heavy atom. The summed E-state index contributed by atoms with van der Waals surface area (Å²) in [5, 5.41) is 14.5. The van der Waals surface area contributed by atoms with Gasteiger partial charge in [-0.2, -0.15) is 5.26 Å². The smallest absolute Gasteiger partial charge is 0.295 e. The van der Waals surface area contributed by atoms with E-state index in [9.17, 15) is 9.59 Å². The molecule has 0 aliphatic heterocycles. The Morgan fingerprint density at radius 2 is 1.78 bits per heavy atom. The van der Waals surface area contributed by atoms with E-state index in [1.54, 1.807) is 42.9 Å². The topological polar surface area (TPSA) is 91.9 Å². The Balaban J connectivity index is 1.74. The number of aromatic nitrogens is 2. The summed E-state index contributed by atoms with van der Waals surface area (Å²) in [5.74, 6) is -0.328. The van der Waals surface area contributed by atoms with Gasteiger partial charge < -0.3 is 10.6 Å². The van der Waals surface area contributed by atoms with Crippen molar-refractivity contribution >= 4 is 17.3 Å². The number of amides is 1. The van der Waals surface area contributed by atoms with Gasteiger partial charge in [-0.15, -0.1) is 0 Å². The average molecular weight is 361 g/mol. The second kappa shape index (κ2) is 7.62. The molecule has 27 heavy (non-hydrogen) atoms. The summed E-state index contributed by atoms with van der Waals surface area (Å²) in [5.41, 5.74) is 2.63. The second-order valence-electron chi connectivity index (χ2n) is 6.03. The highest BCUT2D eigenvalue weighted by atomic mass is 16.2. The van der Waals surface area contributed by atoms with Gasteiger partial charge in [-0.3, -0.25) is 14.3 Å². The summed E-state index contributed by atoms with van der Waals surface area (Å²) >= 11 is 0. The van der Waals surface area contributed by atoms with Crippen molar-refractivity contribution in [3.05, 3.63) is 76.2 Å². The largest absolute Gasteiger partial charge is 0.376 e. The zero-order valence-electron chi connectivity index (χ0n) is 15.1. The van der Waals surface area contributed by atoms with Crippen molar-refractivity contribution in [2.24, 2.45) is 7.05 Å². The van der Waals surface area contributed by atoms with Gasteiger partial charge in [0.2, 0.25) is 5.91 Å². The molecule has 1 amide bonds. The number of rotatable bonds is 5. The first-order chi connectivity index (χ1) is 13.0. The summed E-state index contributed by atoms with van der Waals surface area (Å²) in [4.78, 5) is 25.1. The number of hydrogen-bond donors (Lipinski definition) is 2. The highest BCUT2D eigenvalue weighted by Gasteiger charge is 2.17. The van der Waals surface area contributed by atoms with Gasteiger partial charge in [0.1, 0.15) is 5.69 Å². The molecule has 7 heteroatoms. The molecule has 0 radical (unpaired) electrons. The van der Waals surface area contributed by atoms with E-state index >= 15 is 0 Å². The zero-order valence-corrected chi connectivity index (χ0v) is 15.1. The van der Waals surface area contributed by atoms with Crippen molar-refractivity contribution < 1.29 is 4.79 Å². The molecule has 0 aliphatic rings. The van der Waals surface area contributed by atoms with Crippen LogP contribution in [0.15, 0.2) is 59.4 Å². The molecule has 7 nitrogen and oxygen atoms in total. The summed E-state index contributed by atoms with van der Waals surface area (Å²) < 4.78 is 3.22. The van der Waals surface area contributed by atoms with E-state index < -0.39 is 0 Å². The fourth-order valence-corrected chi connectivity index (χ4v) is 2.74. The number of hydrogen-bond acceptors (Lipinski definition) is 4. The third-order valence-electron chi connectivity index (χ3n) is 4.29. The number of nitrogens with one attached hydrogen (secondary N) is 2. The molecule has 2 N–H and O–H groups in total. The molecule has 0 bridgehead atoms. The number of nitrogens with zero attached hydrogens (tertiary/aromatic N) is 3. The predicted molar refractivity (Wildman–Crippen MR) is 104 cm³/mol. The molecule has 2 aromatic carbocycles. The van der Waals surface area contributed by atoms with Crippen LogP contribution in [0.4, 0.5) is 11.4 Å². The fourth-order valence-electron chi connectivity index (χ4n) is 2.74. The lowest BCUT2D eigenvalue weighted by atomic mass is 10.2. The highest BCUT2D eigenvalue weighted by Crippen LogP contribution is 2.14. The van der Waals surface area contributed by atoms with Gasteiger partial charge in [0.25, 0.3) is 5.56 Å². The lowest BCUT2D eigenvalue weighted by molar-refractivity contribution is -0.114. The standard InChI is InChI=1S/C20H19N5O2/c1-14-19(20(27)25(24(14)2)17-6-4-3-5-7-17)23-18(26)13-22-16-10-8-15(12-21)9-11-16/h3-11,22H,13H2,1-2H3,(H,23,26). The Morgan fingerprint density at radius 3 is 2.41 bits per heavy atom. The van der Waals surface area contributed by atoms with Gasteiger partial charge in [0, 0.05) is 12.7 Å². The van der Waals surface area contributed by atoms with Gasteiger partial charge in [-0.05, 0) is 43.3 Å². The highest BCUT2D eigenvalue weighted by molar-refractivity contribution is 5.94. The monoisotopic (exact) mass is 361 g/mol. The lowest BCUT2D eigenvalue weighted by Crippen LogP contribution is -2.26. The van der Waals surface area contributed by atoms with Gasteiger partial charge in [0.05, 0.1) is 29.6 Å². The van der Waals surface area contributed by atoms with Crippen LogP contribution in [0.1, 0.15) is 11.3 Å². The second-order valence-corrected chi connectivity index (χ2v) is 6.03. The fraction of sp³-hybridized carbons (Fsp3) is 0.150. The Labute approximate surface area is 156 Å². The van der Waals surface area contributed by atoms with Crippen molar-refractivity contribution in [2.45, 2.75) is 6.92 Å². The molecule has 0 atom stereocenters. The van der Waals surface area contributed by atoms with Crippen molar-refractivity contribution in [3.63, 3.8) is 0 Å². The number of nitriles is 1. The average Bonchev–Trinajstić information content (AvgIpc) is 2.90. The first kappa shape index (κ1) is 18.0. The predicted octanol–water partition coefficient (Wildman–Crippen LogP) is 2.41. The van der Waals surface area contributed by atoms with Crippen LogP contribution in [0.2, 0.25) is 0 Å². The number of carbonyl (C=O) groups is 1. The van der Waals surface area contributed by atoms with Crippen LogP contribution in [0.25, 0.3) is 5.69 Å². The third-order valence-corrected chi connectivity index (χ3v) is 4.29. The van der Waals surface area contributed by atoms with Crippen molar-refractivity contribution in [2.75, 3.05) is 17.2 Å². The molecule has 0 unspecified atom stereocenters. The minimum Gasteiger partial charge on any atom is -0.376 e. The number of carbonyl (C=O) groups excluding carboxylic acids is 1. The molecule has 0 aliphatic carbocycles. The Bertz CT molecular complexity index is 1060. The van der Waals surface area contributed by atoms with Crippen LogP contribution >= 0.6 is 0 Å². The molecule has 1 aromatic heterocycles. The minimum atomic E-state index is -0.328. The summed E-state index contributed by atoms with van der Waals surface area (Å²) in [7, 11) is 1.77. The van der Waals surface area contributed by atoms with Crippen LogP contribution in [0.5, 0.6) is 0 Å². The number of benzene rings is 2. The zero-order chi connectivity index (χ0) is 19.4. The van der Waals surface area contributed by atoms with E-state index in [-0.39, 0.29) is 23.7 Å². The van der Waals surface area contributed by atoms with Crippen LogP contribution in [0, 0.1) is 18.3 Å². The molecule has 1 heterocycles. The van der Waals surface area contributed by atoms with Crippen LogP contribution in [-0.2, 0) is 11.8 Å². The number of anilines is 2. The van der Waals surface area contributed by atoms with E-state index in [2.05, 4.69) is 10.6 Å². The SMILES string of the molecule is Cc1c(NC(=O)CNc2ccc(C#N)cc2)c(=O)n(-c2ccccc2)n1C. The van der Waals surface area contributed by atoms with E-state index in [1.165, 1.54) is 4.68 Å². The van der Waals surface area contributed by atoms with E-state index in [4.69, 9.17) is 5.26 Å². The molecular weight excluding hydrogens is 342 g/mol. The summed E-state index contributed by atoms with van der Waals surface area (Å²) in [6.45, 7) is 1.79. The van der Waals surface area contributed by atoms with Gasteiger partial charge in [0.15, 0.2) is 0 Å². The van der Waals surface area contributed by atoms with Crippen LogP contribution in [-0.4, -0.2) is 21.8 Å². The van der Waals surface area contributed by atoms with Crippen molar-refractivity contribution in [1.29, 1.82) is 5.26 Å². The van der Waals surface area contributed by atoms with Crippen molar-refractivity contribution in [3.8, 4) is 11.8 Å². The quantitative estimate of drug-likeness (QED) is 0.730. The molecule has 0 spiro atoms. The Kier molecular flexibility index (Phi) is 5.08. The van der Waals surface area contributed by atoms with E-state index in [0.29, 0.717) is 11.3 Å². The molecule has 0 fully saturated rings. The molecule has 136 valence electrons. The molecule has 0 saturated carbocycles. The molecule has 0 saturated heterocycles. The third kappa shape index (κ3) is 3.75. The lowest BCUT2D eigenvalue weighted by Gasteiger charge is -2.07. The summed E-state index contributed by atoms with van der Waals surface area (Å²) in [6, 6.07) is 18.1. The maximum atomic E-state index is 12.8. The maximum Gasteiger partial charge on any atom is 0.295 e. The molecule has 3 rings (SSSR count). The normalized spacial score (nSPS) is 10.3. The summed E-state index contributed by atoms with van der Waals surface area (Å²) in [6.07, 6.45) is 0. The van der Waals surface area contributed by atoms with Gasteiger partial charge >= 0.3 is 0 Å². The van der Waals surface area contributed by atoms with Crippen LogP contribution in [0.3, 0.4) is 0 Å². The number of para-hydroxylation sites is 1. The van der Waals surface area contributed by atoms with Gasteiger partial charge in [-0.25, -0.2) is 4.68 Å². The minimum absolute atomic E-state index is 0.00497. The first-order valence-corrected chi connectivity index (χ1v) is 8.39. The maximum absolute atomic E-state index is 12.8. The van der Waals surface area contributed by atoms with Crippen molar-refractivity contribution in [1.82, 2.24) is 9.36 Å². The van der Waals surface area contributed by atoms with Crippen LogP contribution < -0.4 is 16.2 Å². The molecular formula is C20H19N5O2. The Hall–Kier alpha value is -3.79. The van der Waals surface area contributed by atoms with E-state index in [0.717, 1.165) is 11.4 Å². The first-order valence-electron chi connectivity index (χ1n) is 8.39. The van der Waals surface area contributed by atoms with E-state index in [1.807, 2.05) is 36.4 Å².